The first-order valence-corrected chi connectivity index (χ1v) is 9.19. The van der Waals surface area contributed by atoms with Crippen molar-refractivity contribution in [2.24, 2.45) is 34.8 Å². The van der Waals surface area contributed by atoms with Crippen LogP contribution in [-0.2, 0) is 0 Å². The summed E-state index contributed by atoms with van der Waals surface area (Å²) >= 11 is 0. The fourth-order valence-electron chi connectivity index (χ4n) is 4.97. The third kappa shape index (κ3) is 3.78. The van der Waals surface area contributed by atoms with Crippen molar-refractivity contribution in [3.8, 4) is 0 Å². The minimum atomic E-state index is 0.487. The lowest BCUT2D eigenvalue weighted by Gasteiger charge is -2.43. The van der Waals surface area contributed by atoms with Crippen molar-refractivity contribution in [1.29, 1.82) is 0 Å². The lowest BCUT2D eigenvalue weighted by Crippen LogP contribution is -2.44. The van der Waals surface area contributed by atoms with Crippen molar-refractivity contribution in [2.75, 3.05) is 0 Å². The van der Waals surface area contributed by atoms with E-state index in [2.05, 4.69) is 27.7 Å². The average molecular weight is 280 g/mol. The lowest BCUT2D eigenvalue weighted by atomic mass is 9.64. The Bertz CT molecular complexity index is 283. The van der Waals surface area contributed by atoms with E-state index in [1.54, 1.807) is 0 Å². The van der Waals surface area contributed by atoms with Gasteiger partial charge in [0.15, 0.2) is 0 Å². The van der Waals surface area contributed by atoms with Crippen LogP contribution in [0.2, 0.25) is 0 Å². The standard InChI is InChI=1S/C19H37N/c1-5-14-8-6-7-9-17(14)18(20)15-10-12-16(13-11-15)19(2,3)4/h14-18H,5-13,20H2,1-4H3. The largest absolute Gasteiger partial charge is 0.327 e. The van der Waals surface area contributed by atoms with E-state index in [9.17, 15) is 0 Å². The summed E-state index contributed by atoms with van der Waals surface area (Å²) < 4.78 is 0. The highest BCUT2D eigenvalue weighted by atomic mass is 14.7. The lowest BCUT2D eigenvalue weighted by molar-refractivity contribution is 0.0995. The molecule has 0 aliphatic heterocycles. The Hall–Kier alpha value is -0.0400. The highest BCUT2D eigenvalue weighted by molar-refractivity contribution is 4.90. The maximum Gasteiger partial charge on any atom is 0.00982 e. The Balaban J connectivity index is 1.89. The fourth-order valence-corrected chi connectivity index (χ4v) is 4.97. The Morgan fingerprint density at radius 3 is 2.10 bits per heavy atom. The van der Waals surface area contributed by atoms with Gasteiger partial charge in [0, 0.05) is 6.04 Å². The molecular formula is C19H37N. The first kappa shape index (κ1) is 16.3. The van der Waals surface area contributed by atoms with E-state index in [-0.39, 0.29) is 0 Å². The molecule has 0 radical (unpaired) electrons. The van der Waals surface area contributed by atoms with E-state index >= 15 is 0 Å². The Morgan fingerprint density at radius 1 is 0.950 bits per heavy atom. The van der Waals surface area contributed by atoms with Crippen LogP contribution in [0, 0.1) is 29.1 Å². The van der Waals surface area contributed by atoms with Gasteiger partial charge in [0.2, 0.25) is 0 Å². The molecule has 0 amide bonds. The van der Waals surface area contributed by atoms with E-state index in [1.165, 1.54) is 57.8 Å². The summed E-state index contributed by atoms with van der Waals surface area (Å²) in [4.78, 5) is 0. The first-order chi connectivity index (χ1) is 9.43. The molecule has 1 heteroatoms. The van der Waals surface area contributed by atoms with Gasteiger partial charge in [-0.25, -0.2) is 0 Å². The molecule has 2 aliphatic carbocycles. The van der Waals surface area contributed by atoms with Gasteiger partial charge in [0.25, 0.3) is 0 Å². The van der Waals surface area contributed by atoms with Crippen LogP contribution in [0.15, 0.2) is 0 Å². The molecule has 0 aromatic heterocycles. The molecule has 1 nitrogen and oxygen atoms in total. The topological polar surface area (TPSA) is 26.0 Å². The predicted molar refractivity (Wildman–Crippen MR) is 88.6 cm³/mol. The summed E-state index contributed by atoms with van der Waals surface area (Å²) in [6.07, 6.45) is 12.6. The maximum atomic E-state index is 6.74. The normalized spacial score (nSPS) is 37.6. The van der Waals surface area contributed by atoms with Crippen LogP contribution in [0.3, 0.4) is 0 Å². The zero-order valence-corrected chi connectivity index (χ0v) is 14.3. The summed E-state index contributed by atoms with van der Waals surface area (Å²) in [6, 6.07) is 0.487. The summed E-state index contributed by atoms with van der Waals surface area (Å²) in [5, 5.41) is 0. The van der Waals surface area contributed by atoms with Gasteiger partial charge in [-0.2, -0.15) is 0 Å². The van der Waals surface area contributed by atoms with E-state index in [0.717, 1.165) is 23.7 Å². The van der Waals surface area contributed by atoms with Crippen LogP contribution >= 0.6 is 0 Å². The van der Waals surface area contributed by atoms with Gasteiger partial charge in [-0.15, -0.1) is 0 Å². The Morgan fingerprint density at radius 2 is 1.55 bits per heavy atom. The second-order valence-electron chi connectivity index (χ2n) is 8.67. The fraction of sp³-hybridized carbons (Fsp3) is 1.00. The SMILES string of the molecule is CCC1CCCCC1C(N)C1CCC(C(C)(C)C)CC1. The van der Waals surface area contributed by atoms with Crippen LogP contribution in [0.5, 0.6) is 0 Å². The number of hydrogen-bond donors (Lipinski definition) is 1. The quantitative estimate of drug-likeness (QED) is 0.737. The molecule has 2 aliphatic rings. The summed E-state index contributed by atoms with van der Waals surface area (Å²) in [6.45, 7) is 9.59. The zero-order chi connectivity index (χ0) is 14.8. The smallest absolute Gasteiger partial charge is 0.00982 e. The molecule has 2 rings (SSSR count). The molecule has 0 aromatic rings. The molecule has 0 aromatic carbocycles. The summed E-state index contributed by atoms with van der Waals surface area (Å²) in [5.41, 5.74) is 7.24. The van der Waals surface area contributed by atoms with Gasteiger partial charge in [-0.1, -0.05) is 53.4 Å². The Kier molecular flexibility index (Phi) is 5.56. The van der Waals surface area contributed by atoms with Crippen molar-refractivity contribution in [3.63, 3.8) is 0 Å². The van der Waals surface area contributed by atoms with Gasteiger partial charge in [-0.3, -0.25) is 0 Å². The monoisotopic (exact) mass is 279 g/mol. The molecule has 20 heavy (non-hydrogen) atoms. The minimum Gasteiger partial charge on any atom is -0.327 e. The number of hydrogen-bond acceptors (Lipinski definition) is 1. The number of rotatable bonds is 3. The van der Waals surface area contributed by atoms with Crippen molar-refractivity contribution < 1.29 is 0 Å². The third-order valence-electron chi connectivity index (χ3n) is 6.53. The van der Waals surface area contributed by atoms with Gasteiger partial charge >= 0.3 is 0 Å². The molecule has 118 valence electrons. The van der Waals surface area contributed by atoms with Crippen molar-refractivity contribution in [2.45, 2.75) is 91.5 Å². The van der Waals surface area contributed by atoms with Gasteiger partial charge < -0.3 is 5.73 Å². The molecule has 2 saturated carbocycles. The second kappa shape index (κ2) is 6.81. The number of nitrogens with two attached hydrogens (primary N) is 1. The Labute approximate surface area is 127 Å². The summed E-state index contributed by atoms with van der Waals surface area (Å²) in [7, 11) is 0. The van der Waals surface area contributed by atoms with Crippen LogP contribution < -0.4 is 5.73 Å². The second-order valence-corrected chi connectivity index (χ2v) is 8.67. The molecule has 2 fully saturated rings. The third-order valence-corrected chi connectivity index (χ3v) is 6.53. The highest BCUT2D eigenvalue weighted by Gasteiger charge is 2.36. The first-order valence-electron chi connectivity index (χ1n) is 9.19. The van der Waals surface area contributed by atoms with E-state index < -0.39 is 0 Å². The molecule has 0 heterocycles. The van der Waals surface area contributed by atoms with Crippen LogP contribution in [0.25, 0.3) is 0 Å². The van der Waals surface area contributed by atoms with Crippen molar-refractivity contribution in [3.05, 3.63) is 0 Å². The van der Waals surface area contributed by atoms with E-state index in [1.807, 2.05) is 0 Å². The molecular weight excluding hydrogens is 242 g/mol. The molecule has 3 atom stereocenters. The predicted octanol–water partition coefficient (Wildman–Crippen LogP) is 5.38. The van der Waals surface area contributed by atoms with Gasteiger partial charge in [-0.05, 0) is 61.2 Å². The van der Waals surface area contributed by atoms with Gasteiger partial charge in [0.05, 0.1) is 0 Å². The molecule has 2 N–H and O–H groups in total. The van der Waals surface area contributed by atoms with Crippen LogP contribution in [0.4, 0.5) is 0 Å². The molecule has 0 bridgehead atoms. The molecule has 3 unspecified atom stereocenters. The highest BCUT2D eigenvalue weighted by Crippen LogP contribution is 2.43. The van der Waals surface area contributed by atoms with Crippen molar-refractivity contribution >= 4 is 0 Å². The molecule has 0 saturated heterocycles. The minimum absolute atomic E-state index is 0.487. The van der Waals surface area contributed by atoms with Crippen LogP contribution in [-0.4, -0.2) is 6.04 Å². The maximum absolute atomic E-state index is 6.74. The summed E-state index contributed by atoms with van der Waals surface area (Å²) in [5.74, 6) is 3.47. The zero-order valence-electron chi connectivity index (χ0n) is 14.3. The van der Waals surface area contributed by atoms with Crippen molar-refractivity contribution in [1.82, 2.24) is 0 Å². The molecule has 0 spiro atoms. The van der Waals surface area contributed by atoms with E-state index in [4.69, 9.17) is 5.73 Å². The van der Waals surface area contributed by atoms with Crippen LogP contribution in [0.1, 0.15) is 85.5 Å². The van der Waals surface area contributed by atoms with E-state index in [0.29, 0.717) is 11.5 Å². The van der Waals surface area contributed by atoms with Gasteiger partial charge in [0.1, 0.15) is 0 Å². The average Bonchev–Trinajstić information content (AvgIpc) is 2.45.